The molecule has 0 bridgehead atoms. The van der Waals surface area contributed by atoms with E-state index in [1.807, 2.05) is 0 Å². The summed E-state index contributed by atoms with van der Waals surface area (Å²) in [5.74, 6) is -0.658. The molecule has 7 heteroatoms. The van der Waals surface area contributed by atoms with Gasteiger partial charge in [0.05, 0.1) is 5.56 Å². The summed E-state index contributed by atoms with van der Waals surface area (Å²) in [7, 11) is 1.53. The number of halogens is 3. The Bertz CT molecular complexity index is 645. The third-order valence-electron chi connectivity index (χ3n) is 4.40. The monoisotopic (exact) mass is 354 g/mol. The lowest BCUT2D eigenvalue weighted by molar-refractivity contribution is -0.137. The van der Waals surface area contributed by atoms with Gasteiger partial charge in [-0.1, -0.05) is 31.4 Å². The van der Waals surface area contributed by atoms with Crippen molar-refractivity contribution in [2.24, 2.45) is 0 Å². The molecule has 25 heavy (non-hydrogen) atoms. The highest BCUT2D eigenvalue weighted by Gasteiger charge is 2.39. The van der Waals surface area contributed by atoms with Crippen molar-refractivity contribution in [3.63, 3.8) is 0 Å². The highest BCUT2D eigenvalue weighted by molar-refractivity contribution is 5.97. The first kappa shape index (κ1) is 19.0. The van der Waals surface area contributed by atoms with Crippen molar-refractivity contribution >= 4 is 17.9 Å². The van der Waals surface area contributed by atoms with Gasteiger partial charge in [0, 0.05) is 13.1 Å². The van der Waals surface area contributed by atoms with Gasteiger partial charge in [-0.05, 0) is 36.6 Å². The summed E-state index contributed by atoms with van der Waals surface area (Å²) < 4.78 is 37.6. The summed E-state index contributed by atoms with van der Waals surface area (Å²) in [4.78, 5) is 24.4. The van der Waals surface area contributed by atoms with Gasteiger partial charge in [-0.15, -0.1) is 0 Å². The van der Waals surface area contributed by atoms with Crippen molar-refractivity contribution in [3.05, 3.63) is 41.5 Å². The molecule has 0 unspecified atom stereocenters. The zero-order chi connectivity index (χ0) is 18.5. The Kier molecular flexibility index (Phi) is 5.87. The number of hydrogen-bond donors (Lipinski definition) is 2. The Morgan fingerprint density at radius 3 is 2.20 bits per heavy atom. The van der Waals surface area contributed by atoms with E-state index in [9.17, 15) is 22.8 Å². The van der Waals surface area contributed by atoms with Crippen LogP contribution in [0, 0.1) is 0 Å². The van der Waals surface area contributed by atoms with Crippen molar-refractivity contribution in [2.45, 2.75) is 43.8 Å². The zero-order valence-electron chi connectivity index (χ0n) is 14.0. The van der Waals surface area contributed by atoms with Gasteiger partial charge in [0.15, 0.2) is 0 Å². The molecule has 0 aliphatic heterocycles. The number of benzene rings is 1. The fourth-order valence-corrected chi connectivity index (χ4v) is 3.04. The first-order chi connectivity index (χ1) is 11.8. The molecule has 4 nitrogen and oxygen atoms in total. The van der Waals surface area contributed by atoms with Crippen LogP contribution in [0.4, 0.5) is 13.2 Å². The van der Waals surface area contributed by atoms with E-state index in [1.54, 1.807) is 0 Å². The van der Waals surface area contributed by atoms with Crippen LogP contribution in [0.2, 0.25) is 0 Å². The number of carbonyl (C=O) groups excluding carboxylic acids is 2. The summed E-state index contributed by atoms with van der Waals surface area (Å²) in [6.07, 6.45) is 2.17. The molecule has 0 atom stereocenters. The van der Waals surface area contributed by atoms with E-state index in [1.165, 1.54) is 31.3 Å². The second-order valence-electron chi connectivity index (χ2n) is 6.16. The molecule has 1 fully saturated rings. The van der Waals surface area contributed by atoms with Crippen LogP contribution in [0.1, 0.15) is 43.2 Å². The van der Waals surface area contributed by atoms with Gasteiger partial charge < -0.3 is 10.6 Å². The number of alkyl halides is 3. The normalized spacial score (nSPS) is 17.3. The van der Waals surface area contributed by atoms with Gasteiger partial charge in [-0.2, -0.15) is 13.2 Å². The second kappa shape index (κ2) is 7.72. The number of hydrogen-bond acceptors (Lipinski definition) is 2. The van der Waals surface area contributed by atoms with E-state index in [-0.39, 0.29) is 5.91 Å². The zero-order valence-corrected chi connectivity index (χ0v) is 14.0. The highest BCUT2D eigenvalue weighted by Crippen LogP contribution is 2.30. The molecule has 136 valence electrons. The third-order valence-corrected chi connectivity index (χ3v) is 4.40. The topological polar surface area (TPSA) is 58.2 Å². The molecule has 0 aromatic heterocycles. The summed E-state index contributed by atoms with van der Waals surface area (Å²) in [5.41, 5.74) is -1.18. The van der Waals surface area contributed by atoms with Gasteiger partial charge in [0.2, 0.25) is 11.8 Å². The molecule has 1 saturated carbocycles. The van der Waals surface area contributed by atoms with Gasteiger partial charge in [-0.25, -0.2) is 0 Å². The van der Waals surface area contributed by atoms with E-state index >= 15 is 0 Å². The maximum absolute atomic E-state index is 12.5. The van der Waals surface area contributed by atoms with Gasteiger partial charge >= 0.3 is 6.18 Å². The van der Waals surface area contributed by atoms with E-state index in [4.69, 9.17) is 0 Å². The Hall–Kier alpha value is -2.31. The molecule has 2 rings (SSSR count). The molecule has 1 aliphatic rings. The Morgan fingerprint density at radius 2 is 1.68 bits per heavy atom. The predicted molar refractivity (Wildman–Crippen MR) is 88.5 cm³/mol. The first-order valence-electron chi connectivity index (χ1n) is 8.16. The lowest BCUT2D eigenvalue weighted by Crippen LogP contribution is -2.58. The molecular weight excluding hydrogens is 333 g/mol. The van der Waals surface area contributed by atoms with Gasteiger partial charge in [0.1, 0.15) is 5.54 Å². The molecule has 0 heterocycles. The fourth-order valence-electron chi connectivity index (χ4n) is 3.04. The second-order valence-corrected chi connectivity index (χ2v) is 6.16. The Labute approximate surface area is 144 Å². The maximum Gasteiger partial charge on any atom is 0.416 e. The summed E-state index contributed by atoms with van der Waals surface area (Å²) in [6.45, 7) is 0. The minimum absolute atomic E-state index is 0.219. The van der Waals surface area contributed by atoms with Crippen molar-refractivity contribution in [2.75, 3.05) is 7.05 Å². The standard InChI is InChI=1S/C18H21F3N2O2/c1-22-16(25)17(11-3-2-4-12-17)23-15(24)10-7-13-5-8-14(9-6-13)18(19,20)21/h5-10H,2-4,11-12H2,1H3,(H,22,25)(H,23,24)/b10-7+. The highest BCUT2D eigenvalue weighted by atomic mass is 19.4. The van der Waals surface area contributed by atoms with Gasteiger partial charge in [-0.3, -0.25) is 9.59 Å². The third kappa shape index (κ3) is 4.84. The summed E-state index contributed by atoms with van der Waals surface area (Å²) in [6, 6.07) is 4.51. The van der Waals surface area contributed by atoms with Crippen molar-refractivity contribution in [1.82, 2.24) is 10.6 Å². The average molecular weight is 354 g/mol. The average Bonchev–Trinajstić information content (AvgIpc) is 2.59. The molecule has 1 aliphatic carbocycles. The minimum Gasteiger partial charge on any atom is -0.357 e. The quantitative estimate of drug-likeness (QED) is 0.816. The van der Waals surface area contributed by atoms with Gasteiger partial charge in [0.25, 0.3) is 0 Å². The molecule has 0 radical (unpaired) electrons. The lowest BCUT2D eigenvalue weighted by Gasteiger charge is -2.35. The number of likely N-dealkylation sites (N-methyl/N-ethyl adjacent to an activating group) is 1. The largest absolute Gasteiger partial charge is 0.416 e. The first-order valence-corrected chi connectivity index (χ1v) is 8.16. The van der Waals surface area contributed by atoms with Crippen LogP contribution in [0.5, 0.6) is 0 Å². The molecular formula is C18H21F3N2O2. The number of carbonyl (C=O) groups is 2. The molecule has 0 spiro atoms. The van der Waals surface area contributed by atoms with Crippen molar-refractivity contribution in [1.29, 1.82) is 0 Å². The van der Waals surface area contributed by atoms with Crippen LogP contribution in [0.15, 0.2) is 30.3 Å². The molecule has 0 saturated heterocycles. The van der Waals surface area contributed by atoms with Crippen molar-refractivity contribution in [3.8, 4) is 0 Å². The number of nitrogens with one attached hydrogen (secondary N) is 2. The smallest absolute Gasteiger partial charge is 0.357 e. The Morgan fingerprint density at radius 1 is 1.08 bits per heavy atom. The lowest BCUT2D eigenvalue weighted by atomic mass is 9.81. The summed E-state index contributed by atoms with van der Waals surface area (Å²) in [5, 5.41) is 5.36. The molecule has 1 aromatic carbocycles. The van der Waals surface area contributed by atoms with Crippen LogP contribution >= 0.6 is 0 Å². The molecule has 2 amide bonds. The Balaban J connectivity index is 2.05. The molecule has 1 aromatic rings. The SMILES string of the molecule is CNC(=O)C1(NC(=O)/C=C/c2ccc(C(F)(F)F)cc2)CCCCC1. The number of amides is 2. The molecule has 2 N–H and O–H groups in total. The van der Waals surface area contributed by atoms with Crippen LogP contribution in [-0.2, 0) is 15.8 Å². The van der Waals surface area contributed by atoms with E-state index < -0.39 is 23.2 Å². The minimum atomic E-state index is -4.39. The van der Waals surface area contributed by atoms with Crippen LogP contribution in [-0.4, -0.2) is 24.4 Å². The van der Waals surface area contributed by atoms with E-state index in [2.05, 4.69) is 10.6 Å². The van der Waals surface area contributed by atoms with Crippen molar-refractivity contribution < 1.29 is 22.8 Å². The maximum atomic E-state index is 12.5. The fraction of sp³-hybridized carbons (Fsp3) is 0.444. The summed E-state index contributed by atoms with van der Waals surface area (Å²) >= 11 is 0. The van der Waals surface area contributed by atoms with Crippen LogP contribution < -0.4 is 10.6 Å². The predicted octanol–water partition coefficient (Wildman–Crippen LogP) is 3.28. The van der Waals surface area contributed by atoms with E-state index in [0.29, 0.717) is 18.4 Å². The van der Waals surface area contributed by atoms with Crippen LogP contribution in [0.3, 0.4) is 0 Å². The van der Waals surface area contributed by atoms with Crippen LogP contribution in [0.25, 0.3) is 6.08 Å². The number of rotatable bonds is 4. The van der Waals surface area contributed by atoms with E-state index in [0.717, 1.165) is 31.4 Å².